The van der Waals surface area contributed by atoms with Gasteiger partial charge >= 0.3 is 0 Å². The zero-order chi connectivity index (χ0) is 26.9. The summed E-state index contributed by atoms with van der Waals surface area (Å²) in [5, 5.41) is 2.07. The molecule has 0 unspecified atom stereocenters. The SMILES string of the molecule is c1ccc(N(c2ccncc2)c2ccc3c(c2)oc2c4c(ccc23)B2c3ccccc3Oc3cccc(c32)O4)cc1. The third-order valence-electron chi connectivity index (χ3n) is 8.09. The van der Waals surface area contributed by atoms with Crippen molar-refractivity contribution in [3.63, 3.8) is 0 Å². The van der Waals surface area contributed by atoms with E-state index >= 15 is 0 Å². The Morgan fingerprint density at radius 1 is 0.561 bits per heavy atom. The first kappa shape index (κ1) is 22.3. The van der Waals surface area contributed by atoms with Gasteiger partial charge in [0.1, 0.15) is 22.8 Å². The maximum absolute atomic E-state index is 6.66. The van der Waals surface area contributed by atoms with Crippen LogP contribution < -0.4 is 30.8 Å². The molecule has 0 fully saturated rings. The molecule has 41 heavy (non-hydrogen) atoms. The van der Waals surface area contributed by atoms with Gasteiger partial charge in [0.25, 0.3) is 6.71 Å². The van der Waals surface area contributed by atoms with Crippen LogP contribution in [0.25, 0.3) is 21.9 Å². The van der Waals surface area contributed by atoms with Gasteiger partial charge in [0.15, 0.2) is 11.3 Å². The van der Waals surface area contributed by atoms with Crippen LogP contribution in [-0.2, 0) is 0 Å². The molecule has 0 radical (unpaired) electrons. The van der Waals surface area contributed by atoms with E-state index in [9.17, 15) is 0 Å². The maximum Gasteiger partial charge on any atom is 0.260 e. The number of ether oxygens (including phenoxy) is 2. The Kier molecular flexibility index (Phi) is 4.63. The van der Waals surface area contributed by atoms with Crippen LogP contribution in [0.15, 0.2) is 132 Å². The molecule has 0 atom stereocenters. The highest BCUT2D eigenvalue weighted by atomic mass is 16.5. The number of hydrogen-bond acceptors (Lipinski definition) is 5. The molecule has 0 N–H and O–H groups in total. The molecule has 0 saturated heterocycles. The summed E-state index contributed by atoms with van der Waals surface area (Å²) in [5.41, 5.74) is 7.90. The summed E-state index contributed by atoms with van der Waals surface area (Å²) in [6.07, 6.45) is 3.62. The van der Waals surface area contributed by atoms with E-state index in [1.54, 1.807) is 0 Å². The van der Waals surface area contributed by atoms with Gasteiger partial charge in [-0.05, 0) is 65.5 Å². The molecule has 4 heterocycles. The van der Waals surface area contributed by atoms with Crippen LogP contribution in [0, 0.1) is 0 Å². The number of rotatable bonds is 3. The highest BCUT2D eigenvalue weighted by Gasteiger charge is 2.41. The van der Waals surface area contributed by atoms with Crippen molar-refractivity contribution in [2.75, 3.05) is 4.90 Å². The quantitative estimate of drug-likeness (QED) is 0.228. The van der Waals surface area contributed by atoms with Crippen molar-refractivity contribution in [2.45, 2.75) is 0 Å². The van der Waals surface area contributed by atoms with Crippen molar-refractivity contribution in [1.82, 2.24) is 4.98 Å². The zero-order valence-corrected chi connectivity index (χ0v) is 21.8. The number of benzene rings is 5. The number of hydrogen-bond donors (Lipinski definition) is 0. The topological polar surface area (TPSA) is 47.7 Å². The minimum absolute atomic E-state index is 0.00309. The summed E-state index contributed by atoms with van der Waals surface area (Å²) in [4.78, 5) is 6.43. The van der Waals surface area contributed by atoms with Crippen LogP contribution in [0.1, 0.15) is 0 Å². The number of anilines is 3. The molecular formula is C35H21BN2O3. The van der Waals surface area contributed by atoms with E-state index in [-0.39, 0.29) is 6.71 Å². The Balaban J connectivity index is 1.24. The van der Waals surface area contributed by atoms with Crippen molar-refractivity contribution in [2.24, 2.45) is 0 Å². The molecule has 2 aliphatic heterocycles. The molecule has 9 rings (SSSR count). The van der Waals surface area contributed by atoms with Gasteiger partial charge in [0.05, 0.1) is 0 Å². The number of fused-ring (bicyclic) bond motifs is 8. The van der Waals surface area contributed by atoms with Crippen LogP contribution >= 0.6 is 0 Å². The number of furan rings is 1. The van der Waals surface area contributed by atoms with Gasteiger partial charge in [-0.25, -0.2) is 0 Å². The fourth-order valence-electron chi connectivity index (χ4n) is 6.31. The predicted octanol–water partition coefficient (Wildman–Crippen LogP) is 7.18. The lowest BCUT2D eigenvalue weighted by atomic mass is 9.35. The second kappa shape index (κ2) is 8.51. The molecule has 0 bridgehead atoms. The van der Waals surface area contributed by atoms with E-state index in [0.717, 1.165) is 78.4 Å². The molecular weight excluding hydrogens is 507 g/mol. The number of nitrogens with zero attached hydrogens (tertiary/aromatic N) is 2. The summed E-state index contributed by atoms with van der Waals surface area (Å²) in [6.45, 7) is 0.00309. The first-order valence-electron chi connectivity index (χ1n) is 13.7. The van der Waals surface area contributed by atoms with E-state index < -0.39 is 0 Å². The van der Waals surface area contributed by atoms with E-state index in [1.807, 2.05) is 73.1 Å². The summed E-state index contributed by atoms with van der Waals surface area (Å²) in [6, 6.07) is 39.3. The molecule has 0 saturated carbocycles. The second-order valence-corrected chi connectivity index (χ2v) is 10.4. The summed E-state index contributed by atoms with van der Waals surface area (Å²) < 4.78 is 19.5. The van der Waals surface area contributed by atoms with Gasteiger partial charge in [0, 0.05) is 51.8 Å². The molecule has 7 aromatic rings. The molecule has 0 spiro atoms. The Bertz CT molecular complexity index is 2090. The van der Waals surface area contributed by atoms with E-state index in [1.165, 1.54) is 0 Å². The number of pyridine rings is 1. The normalized spacial score (nSPS) is 12.7. The van der Waals surface area contributed by atoms with Crippen LogP contribution in [0.5, 0.6) is 23.0 Å². The number of aromatic nitrogens is 1. The van der Waals surface area contributed by atoms with Crippen LogP contribution in [0.3, 0.4) is 0 Å². The monoisotopic (exact) mass is 528 g/mol. The van der Waals surface area contributed by atoms with Crippen molar-refractivity contribution in [1.29, 1.82) is 0 Å². The predicted molar refractivity (Wildman–Crippen MR) is 164 cm³/mol. The summed E-state index contributed by atoms with van der Waals surface area (Å²) >= 11 is 0. The lowest BCUT2D eigenvalue weighted by Crippen LogP contribution is -2.57. The Hall–Kier alpha value is -5.49. The lowest BCUT2D eigenvalue weighted by Gasteiger charge is -2.32. The molecule has 2 aromatic heterocycles. The van der Waals surface area contributed by atoms with Crippen molar-refractivity contribution >= 4 is 62.1 Å². The Morgan fingerprint density at radius 2 is 1.29 bits per heavy atom. The minimum Gasteiger partial charge on any atom is -0.458 e. The maximum atomic E-state index is 6.66. The molecule has 6 heteroatoms. The van der Waals surface area contributed by atoms with Crippen molar-refractivity contribution in [3.8, 4) is 23.0 Å². The fraction of sp³-hybridized carbons (Fsp3) is 0. The molecule has 5 nitrogen and oxygen atoms in total. The van der Waals surface area contributed by atoms with Crippen molar-refractivity contribution in [3.05, 3.63) is 128 Å². The molecule has 0 amide bonds. The largest absolute Gasteiger partial charge is 0.458 e. The Labute approximate surface area is 236 Å². The Morgan fingerprint density at radius 3 is 2.17 bits per heavy atom. The van der Waals surface area contributed by atoms with E-state index in [0.29, 0.717) is 0 Å². The zero-order valence-electron chi connectivity index (χ0n) is 21.8. The molecule has 192 valence electrons. The smallest absolute Gasteiger partial charge is 0.260 e. The summed E-state index contributed by atoms with van der Waals surface area (Å²) in [5.74, 6) is 3.28. The van der Waals surface area contributed by atoms with Crippen molar-refractivity contribution < 1.29 is 13.9 Å². The van der Waals surface area contributed by atoms with Gasteiger partial charge < -0.3 is 18.8 Å². The van der Waals surface area contributed by atoms with E-state index in [4.69, 9.17) is 13.9 Å². The molecule has 0 aliphatic carbocycles. The highest BCUT2D eigenvalue weighted by molar-refractivity contribution is 6.98. The number of para-hydroxylation sites is 2. The minimum atomic E-state index is 0.00309. The van der Waals surface area contributed by atoms with Gasteiger partial charge in [-0.2, -0.15) is 0 Å². The van der Waals surface area contributed by atoms with Crippen LogP contribution in [-0.4, -0.2) is 11.7 Å². The first-order valence-corrected chi connectivity index (χ1v) is 13.7. The van der Waals surface area contributed by atoms with E-state index in [2.05, 4.69) is 64.5 Å². The van der Waals surface area contributed by atoms with Gasteiger partial charge in [0.2, 0.25) is 0 Å². The standard InChI is InChI=1S/C35H21BN2O3/c1-2-7-22(8-3-1)38(23-17-19-37-20-18-23)24-13-14-25-26-15-16-28-35(34(26)41-32(25)21-24)40-31-12-6-11-30-33(31)36(28)27-9-4-5-10-29(27)39-30/h1-21H. The first-order chi connectivity index (χ1) is 20.3. The highest BCUT2D eigenvalue weighted by Crippen LogP contribution is 2.42. The van der Waals surface area contributed by atoms with Crippen LogP contribution in [0.4, 0.5) is 17.1 Å². The van der Waals surface area contributed by atoms with Gasteiger partial charge in [-0.1, -0.05) is 54.6 Å². The van der Waals surface area contributed by atoms with Crippen LogP contribution in [0.2, 0.25) is 0 Å². The summed E-state index contributed by atoms with van der Waals surface area (Å²) in [7, 11) is 0. The third kappa shape index (κ3) is 3.28. The lowest BCUT2D eigenvalue weighted by molar-refractivity contribution is 0.461. The van der Waals surface area contributed by atoms with Gasteiger partial charge in [-0.3, -0.25) is 4.98 Å². The fourth-order valence-corrected chi connectivity index (χ4v) is 6.31. The van der Waals surface area contributed by atoms with Gasteiger partial charge in [-0.15, -0.1) is 0 Å². The molecule has 5 aromatic carbocycles. The molecule has 2 aliphatic rings. The average molecular weight is 528 g/mol. The third-order valence-corrected chi connectivity index (χ3v) is 8.09. The second-order valence-electron chi connectivity index (χ2n) is 10.4. The average Bonchev–Trinajstić information content (AvgIpc) is 3.41.